The summed E-state index contributed by atoms with van der Waals surface area (Å²) in [5.74, 6) is 2.05. The van der Waals surface area contributed by atoms with Gasteiger partial charge in [-0.1, -0.05) is 0 Å². The molecule has 1 aliphatic heterocycles. The van der Waals surface area contributed by atoms with Gasteiger partial charge in [0, 0.05) is 37.5 Å². The molecule has 1 aliphatic rings. The minimum absolute atomic E-state index is 0.640. The Kier molecular flexibility index (Phi) is 4.74. The van der Waals surface area contributed by atoms with Crippen molar-refractivity contribution in [1.82, 2.24) is 5.32 Å². The number of rotatable bonds is 4. The summed E-state index contributed by atoms with van der Waals surface area (Å²) in [6.07, 6.45) is 1.14. The largest absolute Gasteiger partial charge is 0.493 e. The number of nitrogens with zero attached hydrogens (tertiary/aromatic N) is 1. The monoisotopic (exact) mass is 266 g/mol. The van der Waals surface area contributed by atoms with Crippen LogP contribution in [0.25, 0.3) is 0 Å². The second-order valence-electron chi connectivity index (χ2n) is 4.47. The molecule has 19 heavy (non-hydrogen) atoms. The van der Waals surface area contributed by atoms with E-state index in [0.717, 1.165) is 38.3 Å². The highest BCUT2D eigenvalue weighted by Gasteiger charge is 2.17. The van der Waals surface area contributed by atoms with Gasteiger partial charge in [-0.3, -0.25) is 0 Å². The summed E-state index contributed by atoms with van der Waals surface area (Å²) in [7, 11) is 4.91. The number of nitrogens with one attached hydrogen (secondary N) is 1. The number of anilines is 1. The van der Waals surface area contributed by atoms with Gasteiger partial charge in [0.1, 0.15) is 0 Å². The molecule has 0 radical (unpaired) electrons. The number of benzene rings is 1. The lowest BCUT2D eigenvalue weighted by atomic mass is 10.2. The van der Waals surface area contributed by atoms with Crippen LogP contribution in [0.15, 0.2) is 12.1 Å². The van der Waals surface area contributed by atoms with Crippen molar-refractivity contribution in [3.8, 4) is 17.2 Å². The molecule has 2 rings (SSSR count). The summed E-state index contributed by atoms with van der Waals surface area (Å²) < 4.78 is 16.1. The van der Waals surface area contributed by atoms with E-state index in [2.05, 4.69) is 10.2 Å². The van der Waals surface area contributed by atoms with E-state index in [0.29, 0.717) is 17.2 Å². The van der Waals surface area contributed by atoms with E-state index in [-0.39, 0.29) is 0 Å². The quantitative estimate of drug-likeness (QED) is 0.895. The van der Waals surface area contributed by atoms with Gasteiger partial charge in [0.05, 0.1) is 21.3 Å². The van der Waals surface area contributed by atoms with E-state index >= 15 is 0 Å². The van der Waals surface area contributed by atoms with Gasteiger partial charge >= 0.3 is 0 Å². The van der Waals surface area contributed by atoms with Gasteiger partial charge in [0.2, 0.25) is 5.75 Å². The van der Waals surface area contributed by atoms with Crippen LogP contribution in [0.4, 0.5) is 5.69 Å². The summed E-state index contributed by atoms with van der Waals surface area (Å²) in [6.45, 7) is 4.09. The molecular weight excluding hydrogens is 244 g/mol. The third kappa shape index (κ3) is 3.04. The lowest BCUT2D eigenvalue weighted by Crippen LogP contribution is -2.27. The Morgan fingerprint density at radius 2 is 1.63 bits per heavy atom. The molecule has 5 heteroatoms. The van der Waals surface area contributed by atoms with Gasteiger partial charge in [-0.15, -0.1) is 0 Å². The van der Waals surface area contributed by atoms with Gasteiger partial charge in [0.25, 0.3) is 0 Å². The third-order valence-electron chi connectivity index (χ3n) is 3.35. The fourth-order valence-corrected chi connectivity index (χ4v) is 2.35. The first kappa shape index (κ1) is 13.8. The van der Waals surface area contributed by atoms with Crippen molar-refractivity contribution in [3.63, 3.8) is 0 Å². The maximum absolute atomic E-state index is 5.39. The highest BCUT2D eigenvalue weighted by Crippen LogP contribution is 2.41. The van der Waals surface area contributed by atoms with E-state index in [1.165, 1.54) is 0 Å². The summed E-state index contributed by atoms with van der Waals surface area (Å²) in [5, 5.41) is 3.40. The van der Waals surface area contributed by atoms with Crippen molar-refractivity contribution >= 4 is 5.69 Å². The molecule has 0 bridgehead atoms. The molecule has 0 atom stereocenters. The van der Waals surface area contributed by atoms with Crippen molar-refractivity contribution in [3.05, 3.63) is 12.1 Å². The van der Waals surface area contributed by atoms with E-state index in [9.17, 15) is 0 Å². The predicted molar refractivity (Wildman–Crippen MR) is 75.8 cm³/mol. The molecule has 0 aliphatic carbocycles. The van der Waals surface area contributed by atoms with Crippen molar-refractivity contribution in [2.45, 2.75) is 6.42 Å². The summed E-state index contributed by atoms with van der Waals surface area (Å²) in [4.78, 5) is 2.34. The molecular formula is C14H22N2O3. The summed E-state index contributed by atoms with van der Waals surface area (Å²) in [5.41, 5.74) is 1.11. The Balaban J connectivity index is 2.34. The number of hydrogen-bond acceptors (Lipinski definition) is 5. The average Bonchev–Trinajstić information content (AvgIpc) is 2.74. The van der Waals surface area contributed by atoms with Gasteiger partial charge in [0.15, 0.2) is 11.5 Å². The first-order valence-corrected chi connectivity index (χ1v) is 6.55. The van der Waals surface area contributed by atoms with Crippen LogP contribution in [-0.2, 0) is 0 Å². The number of ether oxygens (including phenoxy) is 3. The van der Waals surface area contributed by atoms with Crippen molar-refractivity contribution in [2.24, 2.45) is 0 Å². The molecule has 1 aromatic carbocycles. The van der Waals surface area contributed by atoms with Crippen LogP contribution in [0.2, 0.25) is 0 Å². The van der Waals surface area contributed by atoms with Crippen LogP contribution in [0.1, 0.15) is 6.42 Å². The summed E-state index contributed by atoms with van der Waals surface area (Å²) in [6, 6.07) is 4.01. The second-order valence-corrected chi connectivity index (χ2v) is 4.47. The van der Waals surface area contributed by atoms with Crippen LogP contribution in [-0.4, -0.2) is 47.5 Å². The lowest BCUT2D eigenvalue weighted by Gasteiger charge is -2.24. The zero-order chi connectivity index (χ0) is 13.7. The maximum atomic E-state index is 5.39. The molecule has 0 amide bonds. The molecule has 0 spiro atoms. The topological polar surface area (TPSA) is 43.0 Å². The van der Waals surface area contributed by atoms with E-state index in [1.807, 2.05) is 12.1 Å². The highest BCUT2D eigenvalue weighted by atomic mass is 16.5. The Morgan fingerprint density at radius 3 is 2.21 bits per heavy atom. The van der Waals surface area contributed by atoms with Crippen LogP contribution < -0.4 is 24.4 Å². The van der Waals surface area contributed by atoms with E-state index in [4.69, 9.17) is 14.2 Å². The third-order valence-corrected chi connectivity index (χ3v) is 3.35. The molecule has 106 valence electrons. The van der Waals surface area contributed by atoms with Crippen molar-refractivity contribution in [1.29, 1.82) is 0 Å². The first-order chi connectivity index (χ1) is 9.30. The number of methoxy groups -OCH3 is 3. The standard InChI is InChI=1S/C14H22N2O3/c1-17-12-9-11(10-13(18-2)14(12)19-3)16-7-4-5-15-6-8-16/h9-10,15H,4-8H2,1-3H3. The number of hydrogen-bond donors (Lipinski definition) is 1. The molecule has 5 nitrogen and oxygen atoms in total. The second kappa shape index (κ2) is 6.52. The van der Waals surface area contributed by atoms with E-state index < -0.39 is 0 Å². The fourth-order valence-electron chi connectivity index (χ4n) is 2.35. The summed E-state index contributed by atoms with van der Waals surface area (Å²) >= 11 is 0. The minimum Gasteiger partial charge on any atom is -0.493 e. The van der Waals surface area contributed by atoms with Crippen LogP contribution >= 0.6 is 0 Å². The first-order valence-electron chi connectivity index (χ1n) is 6.55. The highest BCUT2D eigenvalue weighted by molar-refractivity contribution is 5.63. The molecule has 1 N–H and O–H groups in total. The van der Waals surface area contributed by atoms with Crippen LogP contribution in [0, 0.1) is 0 Å². The molecule has 0 aromatic heterocycles. The SMILES string of the molecule is COc1cc(N2CCCNCC2)cc(OC)c1OC. The van der Waals surface area contributed by atoms with Crippen molar-refractivity contribution < 1.29 is 14.2 Å². The zero-order valence-corrected chi connectivity index (χ0v) is 11.9. The maximum Gasteiger partial charge on any atom is 0.203 e. The zero-order valence-electron chi connectivity index (χ0n) is 11.9. The Bertz CT molecular complexity index is 390. The van der Waals surface area contributed by atoms with Gasteiger partial charge in [-0.2, -0.15) is 0 Å². The molecule has 1 aromatic rings. The lowest BCUT2D eigenvalue weighted by molar-refractivity contribution is 0.324. The Hall–Kier alpha value is -1.62. The predicted octanol–water partition coefficient (Wildman–Crippen LogP) is 1.51. The van der Waals surface area contributed by atoms with Crippen LogP contribution in [0.5, 0.6) is 17.2 Å². The fraction of sp³-hybridized carbons (Fsp3) is 0.571. The van der Waals surface area contributed by atoms with Gasteiger partial charge in [-0.25, -0.2) is 0 Å². The molecule has 0 unspecified atom stereocenters. The Morgan fingerprint density at radius 1 is 0.947 bits per heavy atom. The van der Waals surface area contributed by atoms with Gasteiger partial charge in [-0.05, 0) is 13.0 Å². The normalized spacial score (nSPS) is 15.8. The molecule has 0 saturated carbocycles. The van der Waals surface area contributed by atoms with Crippen LogP contribution in [0.3, 0.4) is 0 Å². The van der Waals surface area contributed by atoms with E-state index in [1.54, 1.807) is 21.3 Å². The molecule has 1 fully saturated rings. The minimum atomic E-state index is 0.640. The molecule has 1 heterocycles. The smallest absolute Gasteiger partial charge is 0.203 e. The van der Waals surface area contributed by atoms with Gasteiger partial charge < -0.3 is 24.4 Å². The van der Waals surface area contributed by atoms with Crippen molar-refractivity contribution in [2.75, 3.05) is 52.4 Å². The average molecular weight is 266 g/mol. The molecule has 1 saturated heterocycles. The Labute approximate surface area is 114 Å².